The Hall–Kier alpha value is -3.46. The van der Waals surface area contributed by atoms with Crippen molar-refractivity contribution in [2.75, 3.05) is 11.9 Å². The van der Waals surface area contributed by atoms with Crippen molar-refractivity contribution in [3.05, 3.63) is 61.2 Å². The Morgan fingerprint density at radius 2 is 1.97 bits per heavy atom. The van der Waals surface area contributed by atoms with E-state index in [2.05, 4.69) is 5.32 Å². The summed E-state index contributed by atoms with van der Waals surface area (Å²) in [6, 6.07) is 10.3. The number of ether oxygens (including phenoxy) is 2. The molecule has 0 radical (unpaired) electrons. The van der Waals surface area contributed by atoms with Gasteiger partial charge in [0.2, 0.25) is 0 Å². The van der Waals surface area contributed by atoms with Gasteiger partial charge in [-0.15, -0.1) is 0 Å². The molecule has 1 amide bonds. The number of anilines is 1. The minimum Gasteiger partial charge on any atom is -0.490 e. The fourth-order valence-electron chi connectivity index (χ4n) is 2.36. The molecule has 0 unspecified atom stereocenters. The minimum atomic E-state index is -0.677. The largest absolute Gasteiger partial charge is 0.490 e. The number of nitrogens with zero attached hydrogens (tertiary/aromatic N) is 2. The van der Waals surface area contributed by atoms with Gasteiger partial charge < -0.3 is 14.8 Å². The van der Waals surface area contributed by atoms with Crippen LogP contribution in [0.15, 0.2) is 42.0 Å². The lowest BCUT2D eigenvalue weighted by Crippen LogP contribution is -2.13. The number of non-ortho nitro benzene ring substituents is 1. The summed E-state index contributed by atoms with van der Waals surface area (Å²) in [5.74, 6) is -0.615. The molecule has 0 saturated heterocycles. The van der Waals surface area contributed by atoms with Gasteiger partial charge in [0.25, 0.3) is 11.6 Å². The molecule has 2 aromatic carbocycles. The van der Waals surface area contributed by atoms with Gasteiger partial charge in [0.05, 0.1) is 15.1 Å². The molecule has 0 saturated carbocycles. The van der Waals surface area contributed by atoms with Gasteiger partial charge in [-0.05, 0) is 65.4 Å². The van der Waals surface area contributed by atoms with E-state index in [1.54, 1.807) is 19.1 Å². The Kier molecular flexibility index (Phi) is 7.88. The summed E-state index contributed by atoms with van der Waals surface area (Å²) in [5, 5.41) is 22.6. The predicted molar refractivity (Wildman–Crippen MR) is 117 cm³/mol. The molecule has 10 heteroatoms. The van der Waals surface area contributed by atoms with Crippen LogP contribution in [0, 0.1) is 25.0 Å². The summed E-state index contributed by atoms with van der Waals surface area (Å²) in [6.45, 7) is 3.37. The first-order valence-corrected chi connectivity index (χ1v) is 9.65. The molecule has 0 aliphatic carbocycles. The van der Waals surface area contributed by atoms with Crippen LogP contribution in [0.3, 0.4) is 0 Å². The molecule has 0 aliphatic rings. The number of esters is 1. The average Bonchev–Trinajstić information content (AvgIpc) is 2.69. The van der Waals surface area contributed by atoms with Crippen LogP contribution in [-0.4, -0.2) is 23.4 Å². The van der Waals surface area contributed by atoms with Crippen LogP contribution in [0.5, 0.6) is 11.5 Å². The van der Waals surface area contributed by atoms with Crippen LogP contribution in [-0.2, 0) is 9.59 Å². The number of amides is 1. The Bertz CT molecular complexity index is 1060. The lowest BCUT2D eigenvalue weighted by atomic mass is 10.1. The number of nitriles is 1. The summed E-state index contributed by atoms with van der Waals surface area (Å²) in [6.07, 6.45) is 1.36. The third kappa shape index (κ3) is 6.02. The number of halogens is 1. The Labute approximate surface area is 185 Å². The van der Waals surface area contributed by atoms with E-state index in [4.69, 9.17) is 9.47 Å². The number of nitro benzene ring substituents is 1. The SMILES string of the molecule is CCOc1cc(C=C(C#N)C(=O)Nc2ccc([N+](=O)[O-])cc2)cc(I)c1OC(C)=O. The van der Waals surface area contributed by atoms with E-state index in [-0.39, 0.29) is 17.0 Å². The fourth-order valence-corrected chi connectivity index (χ4v) is 3.09. The lowest BCUT2D eigenvalue weighted by Gasteiger charge is -2.13. The van der Waals surface area contributed by atoms with Crippen LogP contribution in [0.4, 0.5) is 11.4 Å². The number of rotatable bonds is 7. The first kappa shape index (κ1) is 22.8. The third-order valence-electron chi connectivity index (χ3n) is 3.59. The lowest BCUT2D eigenvalue weighted by molar-refractivity contribution is -0.384. The van der Waals surface area contributed by atoms with Gasteiger partial charge in [0.15, 0.2) is 11.5 Å². The highest BCUT2D eigenvalue weighted by Crippen LogP contribution is 2.35. The zero-order valence-corrected chi connectivity index (χ0v) is 18.1. The van der Waals surface area contributed by atoms with E-state index >= 15 is 0 Å². The van der Waals surface area contributed by atoms with Gasteiger partial charge >= 0.3 is 5.97 Å². The molecular weight excluding hydrogens is 505 g/mol. The van der Waals surface area contributed by atoms with Crippen molar-refractivity contribution in [2.45, 2.75) is 13.8 Å². The molecule has 0 spiro atoms. The van der Waals surface area contributed by atoms with Crippen molar-refractivity contribution in [3.63, 3.8) is 0 Å². The Balaban J connectivity index is 2.31. The standard InChI is InChI=1S/C20H16IN3O6/c1-3-29-18-10-13(9-17(21)19(18)30-12(2)25)8-14(11-22)20(26)23-15-4-6-16(7-5-15)24(27)28/h4-10H,3H2,1-2H3,(H,23,26). The number of carbonyl (C=O) groups excluding carboxylic acids is 2. The van der Waals surface area contributed by atoms with Crippen LogP contribution in [0.25, 0.3) is 6.08 Å². The van der Waals surface area contributed by atoms with Gasteiger partial charge in [-0.25, -0.2) is 0 Å². The predicted octanol–water partition coefficient (Wildman–Crippen LogP) is 4.07. The van der Waals surface area contributed by atoms with Gasteiger partial charge in [-0.1, -0.05) is 0 Å². The second kappa shape index (κ2) is 10.4. The van der Waals surface area contributed by atoms with E-state index < -0.39 is 16.8 Å². The molecule has 0 aromatic heterocycles. The molecular formula is C20H16IN3O6. The van der Waals surface area contributed by atoms with Crippen molar-refractivity contribution in [1.29, 1.82) is 5.26 Å². The maximum atomic E-state index is 12.4. The minimum absolute atomic E-state index is 0.116. The van der Waals surface area contributed by atoms with Crippen LogP contribution < -0.4 is 14.8 Å². The van der Waals surface area contributed by atoms with Crippen molar-refractivity contribution in [3.8, 4) is 17.6 Å². The monoisotopic (exact) mass is 521 g/mol. The molecule has 0 fully saturated rings. The first-order chi connectivity index (χ1) is 14.2. The van der Waals surface area contributed by atoms with Gasteiger partial charge in [-0.2, -0.15) is 5.26 Å². The maximum Gasteiger partial charge on any atom is 0.308 e. The van der Waals surface area contributed by atoms with Gasteiger partial charge in [0.1, 0.15) is 11.6 Å². The van der Waals surface area contributed by atoms with Crippen molar-refractivity contribution in [2.24, 2.45) is 0 Å². The second-order valence-electron chi connectivity index (χ2n) is 5.78. The third-order valence-corrected chi connectivity index (χ3v) is 4.39. The average molecular weight is 521 g/mol. The first-order valence-electron chi connectivity index (χ1n) is 8.57. The molecule has 0 heterocycles. The summed E-state index contributed by atoms with van der Waals surface area (Å²) in [7, 11) is 0. The van der Waals surface area contributed by atoms with Gasteiger partial charge in [-0.3, -0.25) is 19.7 Å². The molecule has 154 valence electrons. The summed E-state index contributed by atoms with van der Waals surface area (Å²) < 4.78 is 11.3. The number of hydrogen-bond acceptors (Lipinski definition) is 7. The zero-order chi connectivity index (χ0) is 22.3. The number of benzene rings is 2. The maximum absolute atomic E-state index is 12.4. The normalized spacial score (nSPS) is 10.7. The van der Waals surface area contributed by atoms with Crippen LogP contribution >= 0.6 is 22.6 Å². The number of hydrogen-bond donors (Lipinski definition) is 1. The van der Waals surface area contributed by atoms with Crippen LogP contribution in [0.2, 0.25) is 0 Å². The number of carbonyl (C=O) groups is 2. The highest BCUT2D eigenvalue weighted by Gasteiger charge is 2.16. The van der Waals surface area contributed by atoms with Crippen LogP contribution in [0.1, 0.15) is 19.4 Å². The quantitative estimate of drug-likeness (QED) is 0.111. The number of nitrogens with one attached hydrogen (secondary N) is 1. The molecule has 2 aromatic rings. The molecule has 0 aliphatic heterocycles. The molecule has 2 rings (SSSR count). The fraction of sp³-hybridized carbons (Fsp3) is 0.150. The smallest absolute Gasteiger partial charge is 0.308 e. The van der Waals surface area contributed by atoms with Gasteiger partial charge in [0, 0.05) is 24.7 Å². The topological polar surface area (TPSA) is 132 Å². The molecule has 30 heavy (non-hydrogen) atoms. The van der Waals surface area contributed by atoms with Crippen molar-refractivity contribution in [1.82, 2.24) is 0 Å². The molecule has 1 N–H and O–H groups in total. The second-order valence-corrected chi connectivity index (χ2v) is 6.95. The molecule has 9 nitrogen and oxygen atoms in total. The highest BCUT2D eigenvalue weighted by molar-refractivity contribution is 14.1. The van der Waals surface area contributed by atoms with Crippen molar-refractivity contribution >= 4 is 51.9 Å². The Morgan fingerprint density at radius 3 is 2.50 bits per heavy atom. The van der Waals surface area contributed by atoms with Crippen molar-refractivity contribution < 1.29 is 24.0 Å². The summed E-state index contributed by atoms with van der Waals surface area (Å²) in [4.78, 5) is 33.9. The van der Waals surface area contributed by atoms with E-state index in [1.165, 1.54) is 37.3 Å². The van der Waals surface area contributed by atoms with E-state index in [9.17, 15) is 25.0 Å². The van der Waals surface area contributed by atoms with E-state index in [1.807, 2.05) is 28.7 Å². The summed E-state index contributed by atoms with van der Waals surface area (Å²) in [5.41, 5.74) is 0.498. The number of nitro groups is 1. The molecule has 0 atom stereocenters. The van der Waals surface area contributed by atoms with E-state index in [0.29, 0.717) is 27.2 Å². The summed E-state index contributed by atoms with van der Waals surface area (Å²) >= 11 is 1.96. The molecule has 0 bridgehead atoms. The Morgan fingerprint density at radius 1 is 1.30 bits per heavy atom. The zero-order valence-electron chi connectivity index (χ0n) is 16.0. The van der Waals surface area contributed by atoms with E-state index in [0.717, 1.165) is 0 Å². The highest BCUT2D eigenvalue weighted by atomic mass is 127.